The van der Waals surface area contributed by atoms with E-state index in [-0.39, 0.29) is 5.82 Å². The SMILES string of the molecule is CCNC(=NCc1cccc(Cl)c1)NCc1ccc(N2CCOCC2)c(F)c1. The molecule has 2 aromatic rings. The minimum Gasteiger partial charge on any atom is -0.378 e. The molecule has 150 valence electrons. The average Bonchev–Trinajstić information content (AvgIpc) is 2.71. The van der Waals surface area contributed by atoms with Gasteiger partial charge in [0.05, 0.1) is 25.4 Å². The summed E-state index contributed by atoms with van der Waals surface area (Å²) in [6.45, 7) is 6.46. The van der Waals surface area contributed by atoms with E-state index in [0.717, 1.165) is 30.8 Å². The highest BCUT2D eigenvalue weighted by Crippen LogP contribution is 2.21. The monoisotopic (exact) mass is 404 g/mol. The third kappa shape index (κ3) is 5.84. The Hall–Kier alpha value is -2.31. The Labute approximate surface area is 170 Å². The third-order valence-corrected chi connectivity index (χ3v) is 4.71. The lowest BCUT2D eigenvalue weighted by molar-refractivity contribution is 0.122. The first-order valence-corrected chi connectivity index (χ1v) is 9.91. The summed E-state index contributed by atoms with van der Waals surface area (Å²) in [5.74, 6) is 0.474. The largest absolute Gasteiger partial charge is 0.378 e. The maximum atomic E-state index is 14.5. The number of rotatable bonds is 6. The fraction of sp³-hybridized carbons (Fsp3) is 0.381. The van der Waals surface area contributed by atoms with Crippen molar-refractivity contribution in [3.8, 4) is 0 Å². The van der Waals surface area contributed by atoms with Gasteiger partial charge < -0.3 is 20.3 Å². The van der Waals surface area contributed by atoms with Crippen LogP contribution >= 0.6 is 11.6 Å². The molecular weight excluding hydrogens is 379 g/mol. The topological polar surface area (TPSA) is 48.9 Å². The first-order valence-electron chi connectivity index (χ1n) is 9.53. The number of aliphatic imine (C=N–C) groups is 1. The van der Waals surface area contributed by atoms with E-state index in [4.69, 9.17) is 16.3 Å². The number of ether oxygens (including phenoxy) is 1. The van der Waals surface area contributed by atoms with Crippen molar-refractivity contribution in [1.29, 1.82) is 0 Å². The maximum Gasteiger partial charge on any atom is 0.191 e. The van der Waals surface area contributed by atoms with Crippen LogP contribution < -0.4 is 15.5 Å². The van der Waals surface area contributed by atoms with Crippen molar-refractivity contribution in [3.63, 3.8) is 0 Å². The third-order valence-electron chi connectivity index (χ3n) is 4.48. The molecule has 28 heavy (non-hydrogen) atoms. The normalized spacial score (nSPS) is 14.8. The molecule has 0 unspecified atom stereocenters. The van der Waals surface area contributed by atoms with Crippen molar-refractivity contribution >= 4 is 23.2 Å². The van der Waals surface area contributed by atoms with E-state index in [1.54, 1.807) is 6.07 Å². The van der Waals surface area contributed by atoms with E-state index in [9.17, 15) is 4.39 Å². The summed E-state index contributed by atoms with van der Waals surface area (Å²) in [5.41, 5.74) is 2.53. The summed E-state index contributed by atoms with van der Waals surface area (Å²) in [6.07, 6.45) is 0. The molecule has 0 radical (unpaired) electrons. The van der Waals surface area contributed by atoms with Crippen LogP contribution in [0.4, 0.5) is 10.1 Å². The predicted molar refractivity (Wildman–Crippen MR) is 113 cm³/mol. The molecule has 0 aliphatic carbocycles. The van der Waals surface area contributed by atoms with Crippen LogP contribution in [-0.4, -0.2) is 38.8 Å². The van der Waals surface area contributed by atoms with Gasteiger partial charge in [-0.3, -0.25) is 0 Å². The van der Waals surface area contributed by atoms with E-state index in [1.165, 1.54) is 0 Å². The summed E-state index contributed by atoms with van der Waals surface area (Å²) in [6, 6.07) is 13.0. The standard InChI is InChI=1S/C21H26ClFN4O/c1-2-24-21(25-14-16-4-3-5-18(22)12-16)26-15-17-6-7-20(19(23)13-17)27-8-10-28-11-9-27/h3-7,12-13H,2,8-11,14-15H2,1H3,(H2,24,25,26). The molecule has 0 bridgehead atoms. The van der Waals surface area contributed by atoms with Crippen molar-refractivity contribution in [3.05, 3.63) is 64.4 Å². The van der Waals surface area contributed by atoms with Crippen LogP contribution in [0.2, 0.25) is 5.02 Å². The molecule has 5 nitrogen and oxygen atoms in total. The summed E-state index contributed by atoms with van der Waals surface area (Å²) in [4.78, 5) is 6.59. The second-order valence-corrected chi connectivity index (χ2v) is 7.00. The van der Waals surface area contributed by atoms with Gasteiger partial charge in [0, 0.05) is 31.2 Å². The molecule has 0 amide bonds. The van der Waals surface area contributed by atoms with E-state index in [1.807, 2.05) is 48.2 Å². The highest BCUT2D eigenvalue weighted by molar-refractivity contribution is 6.30. The van der Waals surface area contributed by atoms with Gasteiger partial charge in [-0.15, -0.1) is 0 Å². The van der Waals surface area contributed by atoms with Crippen molar-refractivity contribution in [2.45, 2.75) is 20.0 Å². The Morgan fingerprint density at radius 1 is 1.14 bits per heavy atom. The maximum absolute atomic E-state index is 14.5. The number of halogens is 2. The van der Waals surface area contributed by atoms with Gasteiger partial charge in [0.15, 0.2) is 5.96 Å². The minimum absolute atomic E-state index is 0.206. The van der Waals surface area contributed by atoms with Crippen LogP contribution in [0.1, 0.15) is 18.1 Å². The molecule has 0 atom stereocenters. The number of nitrogens with one attached hydrogen (secondary N) is 2. The van der Waals surface area contributed by atoms with E-state index >= 15 is 0 Å². The minimum atomic E-state index is -0.206. The molecule has 0 saturated carbocycles. The molecule has 0 aromatic heterocycles. The zero-order valence-corrected chi connectivity index (χ0v) is 16.8. The molecule has 3 rings (SSSR count). The van der Waals surface area contributed by atoms with Crippen LogP contribution in [0.5, 0.6) is 0 Å². The quantitative estimate of drug-likeness (QED) is 0.570. The molecule has 1 heterocycles. The van der Waals surface area contributed by atoms with Gasteiger partial charge in [0.1, 0.15) is 5.82 Å². The molecule has 7 heteroatoms. The molecule has 2 aromatic carbocycles. The summed E-state index contributed by atoms with van der Waals surface area (Å²) >= 11 is 6.02. The Morgan fingerprint density at radius 2 is 1.96 bits per heavy atom. The average molecular weight is 405 g/mol. The number of guanidine groups is 1. The summed E-state index contributed by atoms with van der Waals surface area (Å²) in [5, 5.41) is 7.15. The van der Waals surface area contributed by atoms with Crippen molar-refractivity contribution in [2.24, 2.45) is 4.99 Å². The van der Waals surface area contributed by atoms with Gasteiger partial charge in [-0.05, 0) is 42.3 Å². The lowest BCUT2D eigenvalue weighted by atomic mass is 10.1. The van der Waals surface area contributed by atoms with Crippen LogP contribution in [0.3, 0.4) is 0 Å². The smallest absolute Gasteiger partial charge is 0.191 e. The Morgan fingerprint density at radius 3 is 2.68 bits per heavy atom. The highest BCUT2D eigenvalue weighted by atomic mass is 35.5. The zero-order valence-electron chi connectivity index (χ0n) is 16.0. The van der Waals surface area contributed by atoms with E-state index in [2.05, 4.69) is 15.6 Å². The van der Waals surface area contributed by atoms with Gasteiger partial charge >= 0.3 is 0 Å². The van der Waals surface area contributed by atoms with Gasteiger partial charge in [0.2, 0.25) is 0 Å². The first-order chi connectivity index (χ1) is 13.7. The molecule has 1 fully saturated rings. The molecule has 0 spiro atoms. The number of hydrogen-bond donors (Lipinski definition) is 2. The second-order valence-electron chi connectivity index (χ2n) is 6.56. The summed E-state index contributed by atoms with van der Waals surface area (Å²) < 4.78 is 19.9. The lowest BCUT2D eigenvalue weighted by Crippen LogP contribution is -2.37. The number of morpholine rings is 1. The first kappa shape index (κ1) is 20.4. The molecule has 1 aliphatic heterocycles. The summed E-state index contributed by atoms with van der Waals surface area (Å²) in [7, 11) is 0. The second kappa shape index (κ2) is 10.3. The molecular formula is C21H26ClFN4O. The fourth-order valence-corrected chi connectivity index (χ4v) is 3.27. The fourth-order valence-electron chi connectivity index (χ4n) is 3.05. The van der Waals surface area contributed by atoms with Gasteiger partial charge in [0.25, 0.3) is 0 Å². The van der Waals surface area contributed by atoms with Crippen molar-refractivity contribution in [2.75, 3.05) is 37.7 Å². The Bertz CT molecular complexity index is 809. The van der Waals surface area contributed by atoms with E-state index < -0.39 is 0 Å². The molecule has 1 saturated heterocycles. The van der Waals surface area contributed by atoms with E-state index in [0.29, 0.717) is 43.0 Å². The van der Waals surface area contributed by atoms with Crippen LogP contribution in [0, 0.1) is 5.82 Å². The number of benzene rings is 2. The van der Waals surface area contributed by atoms with Gasteiger partial charge in [-0.2, -0.15) is 0 Å². The molecule has 1 aliphatic rings. The van der Waals surface area contributed by atoms with Gasteiger partial charge in [-0.1, -0.05) is 29.8 Å². The van der Waals surface area contributed by atoms with Crippen LogP contribution in [0.15, 0.2) is 47.5 Å². The van der Waals surface area contributed by atoms with Crippen molar-refractivity contribution < 1.29 is 9.13 Å². The highest BCUT2D eigenvalue weighted by Gasteiger charge is 2.15. The number of hydrogen-bond acceptors (Lipinski definition) is 3. The van der Waals surface area contributed by atoms with Crippen LogP contribution in [0.25, 0.3) is 0 Å². The molecule has 2 N–H and O–H groups in total. The number of nitrogens with zero attached hydrogens (tertiary/aromatic N) is 2. The predicted octanol–water partition coefficient (Wildman–Crippen LogP) is 3.57. The van der Waals surface area contributed by atoms with Crippen molar-refractivity contribution in [1.82, 2.24) is 10.6 Å². The Kier molecular flexibility index (Phi) is 7.51. The number of anilines is 1. The Balaban J connectivity index is 1.61. The van der Waals surface area contributed by atoms with Crippen LogP contribution in [-0.2, 0) is 17.8 Å². The zero-order chi connectivity index (χ0) is 19.8. The van der Waals surface area contributed by atoms with Gasteiger partial charge in [-0.25, -0.2) is 9.38 Å². The lowest BCUT2D eigenvalue weighted by Gasteiger charge is -2.29.